The van der Waals surface area contributed by atoms with Crippen molar-refractivity contribution in [3.8, 4) is 12.1 Å². The van der Waals surface area contributed by atoms with Gasteiger partial charge in [-0.05, 0) is 30.3 Å². The Kier molecular flexibility index (Phi) is 7.42. The van der Waals surface area contributed by atoms with Crippen molar-refractivity contribution in [3.05, 3.63) is 58.1 Å². The maximum Gasteiger partial charge on any atom is 0.418 e. The second kappa shape index (κ2) is 9.98. The molecule has 2 aromatic carbocycles. The number of nitrogens with zero attached hydrogens (tertiary/aromatic N) is 6. The number of benzene rings is 2. The fourth-order valence-corrected chi connectivity index (χ4v) is 2.53. The molecule has 0 spiro atoms. The number of hydrogen-bond donors (Lipinski definition) is 0. The van der Waals surface area contributed by atoms with E-state index in [2.05, 4.69) is 10.2 Å². The Morgan fingerprint density at radius 1 is 1.00 bits per heavy atom. The third-order valence-electron chi connectivity index (χ3n) is 3.97. The van der Waals surface area contributed by atoms with Crippen LogP contribution in [0.5, 0.6) is 0 Å². The van der Waals surface area contributed by atoms with Crippen molar-refractivity contribution in [2.45, 2.75) is 19.0 Å². The Hall–Kier alpha value is -3.99. The highest BCUT2D eigenvalue weighted by atomic mass is 19.4. The molecule has 0 N–H and O–H groups in total. The van der Waals surface area contributed by atoms with Gasteiger partial charge in [0, 0.05) is 30.9 Å². The van der Waals surface area contributed by atoms with E-state index in [9.17, 15) is 23.3 Å². The zero-order valence-electron chi connectivity index (χ0n) is 15.5. The minimum atomic E-state index is -4.83. The minimum absolute atomic E-state index is 0.269. The summed E-state index contributed by atoms with van der Waals surface area (Å²) in [5, 5.41) is 35.6. The van der Waals surface area contributed by atoms with Crippen LogP contribution in [0.2, 0.25) is 0 Å². The molecule has 0 aliphatic rings. The van der Waals surface area contributed by atoms with E-state index >= 15 is 0 Å². The SMILES string of the molecule is N#CCCN(CCC#N)c1ccc(N=Nc2ccc([N+](=O)[O-])cc2C(F)(F)F)cc1. The molecule has 2 rings (SSSR count). The third-order valence-corrected chi connectivity index (χ3v) is 3.97. The summed E-state index contributed by atoms with van der Waals surface area (Å²) in [6, 6.07) is 12.7. The van der Waals surface area contributed by atoms with E-state index in [-0.39, 0.29) is 18.5 Å². The molecule has 0 atom stereocenters. The van der Waals surface area contributed by atoms with Gasteiger partial charge in [0.15, 0.2) is 0 Å². The number of rotatable bonds is 8. The predicted molar refractivity (Wildman–Crippen MR) is 101 cm³/mol. The van der Waals surface area contributed by atoms with Gasteiger partial charge in [-0.1, -0.05) is 0 Å². The molecule has 0 unspecified atom stereocenters. The highest BCUT2D eigenvalue weighted by Gasteiger charge is 2.35. The van der Waals surface area contributed by atoms with E-state index in [1.807, 2.05) is 17.0 Å². The Balaban J connectivity index is 2.25. The molecule has 0 fully saturated rings. The van der Waals surface area contributed by atoms with Crippen LogP contribution in [-0.4, -0.2) is 18.0 Å². The van der Waals surface area contributed by atoms with E-state index in [1.165, 1.54) is 12.1 Å². The summed E-state index contributed by atoms with van der Waals surface area (Å²) in [6.07, 6.45) is -4.29. The maximum absolute atomic E-state index is 13.2. The summed E-state index contributed by atoms with van der Waals surface area (Å²) in [6.45, 7) is 0.855. The van der Waals surface area contributed by atoms with Crippen LogP contribution in [0.15, 0.2) is 52.7 Å². The number of nitro benzene ring substituents is 1. The fraction of sp³-hybridized carbons (Fsp3) is 0.263. The standard InChI is InChI=1S/C19H15F3N6O2/c20-19(21,22)17-13-16(28(29)30)7-8-18(17)26-25-14-3-5-15(6-4-14)27(11-1-9-23)12-2-10-24/h3-8,13H,1-2,11-12H2. The number of non-ortho nitro benzene ring substituents is 1. The van der Waals surface area contributed by atoms with E-state index < -0.39 is 28.0 Å². The Bertz CT molecular complexity index is 989. The largest absolute Gasteiger partial charge is 0.418 e. The summed E-state index contributed by atoms with van der Waals surface area (Å²) in [4.78, 5) is 11.7. The number of hydrogen-bond acceptors (Lipinski definition) is 7. The molecule has 0 aromatic heterocycles. The molecule has 0 heterocycles. The average Bonchev–Trinajstić information content (AvgIpc) is 2.72. The normalized spacial score (nSPS) is 11.1. The summed E-state index contributed by atoms with van der Waals surface area (Å²) < 4.78 is 39.6. The molecular formula is C19H15F3N6O2. The van der Waals surface area contributed by atoms with Gasteiger partial charge < -0.3 is 4.90 Å². The Labute approximate surface area is 169 Å². The van der Waals surface area contributed by atoms with Gasteiger partial charge in [0.05, 0.1) is 46.8 Å². The van der Waals surface area contributed by atoms with Crippen molar-refractivity contribution in [3.63, 3.8) is 0 Å². The lowest BCUT2D eigenvalue weighted by molar-refractivity contribution is -0.385. The molecule has 154 valence electrons. The van der Waals surface area contributed by atoms with Crippen molar-refractivity contribution in [1.29, 1.82) is 10.5 Å². The zero-order valence-corrected chi connectivity index (χ0v) is 15.5. The van der Waals surface area contributed by atoms with Crippen LogP contribution in [-0.2, 0) is 6.18 Å². The first kappa shape index (κ1) is 22.3. The fourth-order valence-electron chi connectivity index (χ4n) is 2.53. The second-order valence-electron chi connectivity index (χ2n) is 5.98. The molecule has 2 aromatic rings. The maximum atomic E-state index is 13.2. The minimum Gasteiger partial charge on any atom is -0.369 e. The molecule has 8 nitrogen and oxygen atoms in total. The van der Waals surface area contributed by atoms with E-state index in [4.69, 9.17) is 10.5 Å². The molecule has 0 bridgehead atoms. The van der Waals surface area contributed by atoms with Gasteiger partial charge in [-0.2, -0.15) is 28.8 Å². The first-order chi connectivity index (χ1) is 14.3. The van der Waals surface area contributed by atoms with Crippen LogP contribution in [0, 0.1) is 32.8 Å². The highest BCUT2D eigenvalue weighted by Crippen LogP contribution is 2.39. The van der Waals surface area contributed by atoms with Crippen molar-refractivity contribution >= 4 is 22.7 Å². The first-order valence-electron chi connectivity index (χ1n) is 8.62. The molecular weight excluding hydrogens is 401 g/mol. The monoisotopic (exact) mass is 416 g/mol. The van der Waals surface area contributed by atoms with Crippen molar-refractivity contribution in [2.24, 2.45) is 10.2 Å². The predicted octanol–water partition coefficient (Wildman–Crippen LogP) is 5.66. The molecule has 11 heteroatoms. The van der Waals surface area contributed by atoms with Gasteiger partial charge in [0.25, 0.3) is 5.69 Å². The van der Waals surface area contributed by atoms with Gasteiger partial charge in [0.2, 0.25) is 0 Å². The van der Waals surface area contributed by atoms with Crippen LogP contribution in [0.25, 0.3) is 0 Å². The van der Waals surface area contributed by atoms with Gasteiger partial charge in [-0.25, -0.2) is 0 Å². The lowest BCUT2D eigenvalue weighted by Gasteiger charge is -2.22. The van der Waals surface area contributed by atoms with Crippen LogP contribution in [0.4, 0.5) is 35.9 Å². The number of anilines is 1. The molecule has 0 saturated carbocycles. The van der Waals surface area contributed by atoms with Gasteiger partial charge in [-0.3, -0.25) is 10.1 Å². The molecule has 0 amide bonds. The quantitative estimate of drug-likeness (QED) is 0.312. The summed E-state index contributed by atoms with van der Waals surface area (Å²) in [5.74, 6) is 0. The van der Waals surface area contributed by atoms with Crippen molar-refractivity contribution in [2.75, 3.05) is 18.0 Å². The molecule has 30 heavy (non-hydrogen) atoms. The smallest absolute Gasteiger partial charge is 0.369 e. The lowest BCUT2D eigenvalue weighted by Crippen LogP contribution is -2.25. The first-order valence-corrected chi connectivity index (χ1v) is 8.62. The number of azo groups is 1. The summed E-state index contributed by atoms with van der Waals surface area (Å²) in [5.41, 5.74) is -1.49. The van der Waals surface area contributed by atoms with Crippen LogP contribution >= 0.6 is 0 Å². The zero-order chi connectivity index (χ0) is 22.1. The summed E-state index contributed by atoms with van der Waals surface area (Å²) >= 11 is 0. The van der Waals surface area contributed by atoms with E-state index in [1.54, 1.807) is 12.1 Å². The number of alkyl halides is 3. The van der Waals surface area contributed by atoms with Gasteiger partial charge >= 0.3 is 6.18 Å². The average molecular weight is 416 g/mol. The number of nitriles is 2. The number of halogens is 3. The highest BCUT2D eigenvalue weighted by molar-refractivity contribution is 5.55. The van der Waals surface area contributed by atoms with E-state index in [0.29, 0.717) is 19.2 Å². The van der Waals surface area contributed by atoms with E-state index in [0.717, 1.165) is 17.8 Å². The van der Waals surface area contributed by atoms with Crippen LogP contribution in [0.1, 0.15) is 18.4 Å². The Morgan fingerprint density at radius 3 is 2.10 bits per heavy atom. The molecule has 0 aliphatic heterocycles. The molecule has 0 aliphatic carbocycles. The summed E-state index contributed by atoms with van der Waals surface area (Å²) in [7, 11) is 0. The number of nitro groups is 1. The second-order valence-corrected chi connectivity index (χ2v) is 5.98. The lowest BCUT2D eigenvalue weighted by atomic mass is 10.1. The molecule has 0 radical (unpaired) electrons. The van der Waals surface area contributed by atoms with Crippen LogP contribution in [0.3, 0.4) is 0 Å². The Morgan fingerprint density at radius 2 is 1.60 bits per heavy atom. The van der Waals surface area contributed by atoms with Gasteiger partial charge in [-0.15, -0.1) is 5.11 Å². The van der Waals surface area contributed by atoms with Crippen LogP contribution < -0.4 is 4.90 Å². The van der Waals surface area contributed by atoms with Crippen molar-refractivity contribution in [1.82, 2.24) is 0 Å². The third kappa shape index (κ3) is 6.01. The van der Waals surface area contributed by atoms with Gasteiger partial charge in [0.1, 0.15) is 0 Å². The molecule has 0 saturated heterocycles. The van der Waals surface area contributed by atoms with Crippen molar-refractivity contribution < 1.29 is 18.1 Å². The topological polar surface area (TPSA) is 119 Å².